The van der Waals surface area contributed by atoms with E-state index < -0.39 is 0 Å². The second-order valence-electron chi connectivity index (χ2n) is 15.8. The fourth-order valence-electron chi connectivity index (χ4n) is 9.55. The van der Waals surface area contributed by atoms with E-state index in [1.807, 2.05) is 0 Å². The first-order valence-corrected chi connectivity index (χ1v) is 17.9. The molecule has 11 rings (SSSR count). The van der Waals surface area contributed by atoms with Crippen LogP contribution in [0.1, 0.15) is 37.5 Å². The highest BCUT2D eigenvalue weighted by Gasteiger charge is 2.26. The van der Waals surface area contributed by atoms with Crippen molar-refractivity contribution in [3.8, 4) is 55.6 Å². The number of hydrogen-bond donors (Lipinski definition) is 0. The van der Waals surface area contributed by atoms with Crippen molar-refractivity contribution in [1.82, 2.24) is 0 Å². The van der Waals surface area contributed by atoms with Crippen LogP contribution in [0, 0.1) is 13.8 Å². The molecular weight excluding hydrogens is 601 g/mol. The maximum Gasteiger partial charge on any atom is -0.00264 e. The maximum atomic E-state index is 2.52. The van der Waals surface area contributed by atoms with Gasteiger partial charge in [0.15, 0.2) is 0 Å². The predicted octanol–water partition coefficient (Wildman–Crippen LogP) is 14.3. The summed E-state index contributed by atoms with van der Waals surface area (Å²) in [5.41, 5.74) is 17.6. The Morgan fingerprint density at radius 1 is 0.340 bits per heavy atom. The molecule has 50 heavy (non-hydrogen) atoms. The maximum absolute atomic E-state index is 2.52. The summed E-state index contributed by atoms with van der Waals surface area (Å²) in [6.07, 6.45) is 0. The van der Waals surface area contributed by atoms with Gasteiger partial charge in [-0.25, -0.2) is 0 Å². The smallest absolute Gasteiger partial charge is 0.00264 e. The number of aryl methyl sites for hydroxylation is 2. The summed E-state index contributed by atoms with van der Waals surface area (Å²) in [5, 5.41) is 13.3. The van der Waals surface area contributed by atoms with Crippen LogP contribution in [0.2, 0.25) is 0 Å². The number of fused-ring (bicyclic) bond motifs is 11. The molecule has 0 heteroatoms. The summed E-state index contributed by atoms with van der Waals surface area (Å²) < 4.78 is 0. The Kier molecular flexibility index (Phi) is 5.34. The van der Waals surface area contributed by atoms with Gasteiger partial charge in [-0.3, -0.25) is 0 Å². The van der Waals surface area contributed by atoms with E-state index in [0.29, 0.717) is 0 Å². The zero-order valence-corrected chi connectivity index (χ0v) is 29.1. The van der Waals surface area contributed by atoms with Crippen LogP contribution in [0.4, 0.5) is 0 Å². The van der Waals surface area contributed by atoms with Crippen molar-refractivity contribution in [3.05, 3.63) is 144 Å². The van der Waals surface area contributed by atoms with Crippen molar-refractivity contribution in [2.75, 3.05) is 0 Å². The highest BCUT2D eigenvalue weighted by molar-refractivity contribution is 6.27. The van der Waals surface area contributed by atoms with Gasteiger partial charge >= 0.3 is 0 Å². The molecule has 0 saturated heterocycles. The molecule has 2 aliphatic rings. The van der Waals surface area contributed by atoms with E-state index in [1.165, 1.54) is 126 Å². The van der Waals surface area contributed by atoms with Crippen LogP contribution in [0.3, 0.4) is 0 Å². The van der Waals surface area contributed by atoms with Crippen molar-refractivity contribution in [1.29, 1.82) is 0 Å². The average Bonchev–Trinajstić information content (AvgIpc) is 3.60. The lowest BCUT2D eigenvalue weighted by atomic mass is 9.81. The minimum atomic E-state index is 0.0851. The van der Waals surface area contributed by atoms with Gasteiger partial charge in [0.1, 0.15) is 0 Å². The Labute approximate surface area is 292 Å². The SMILES string of the molecule is Cc1cc(C(C)(C)C)cc(C)c1-c1cc2c3cc4c(cc3ccc2c2cc3c(cc12)-c1cccc2cccc-3c12)-c1cccc2cccc-4c12. The highest BCUT2D eigenvalue weighted by Crippen LogP contribution is 2.53. The van der Waals surface area contributed by atoms with Gasteiger partial charge in [-0.1, -0.05) is 118 Å². The van der Waals surface area contributed by atoms with Crippen molar-refractivity contribution < 1.29 is 0 Å². The summed E-state index contributed by atoms with van der Waals surface area (Å²) in [4.78, 5) is 0. The number of hydrogen-bond acceptors (Lipinski definition) is 0. The largest absolute Gasteiger partial charge is 0.0610 e. The van der Waals surface area contributed by atoms with E-state index in [0.717, 1.165) is 0 Å². The van der Waals surface area contributed by atoms with Crippen molar-refractivity contribution in [3.63, 3.8) is 0 Å². The van der Waals surface area contributed by atoms with Gasteiger partial charge < -0.3 is 0 Å². The minimum absolute atomic E-state index is 0.0851. The molecule has 9 aromatic carbocycles. The van der Waals surface area contributed by atoms with Crippen LogP contribution in [0.5, 0.6) is 0 Å². The van der Waals surface area contributed by atoms with E-state index in [1.54, 1.807) is 0 Å². The van der Waals surface area contributed by atoms with Crippen LogP contribution in [-0.4, -0.2) is 0 Å². The van der Waals surface area contributed by atoms with Gasteiger partial charge in [0.2, 0.25) is 0 Å². The molecule has 0 unspecified atom stereocenters. The fourth-order valence-corrected chi connectivity index (χ4v) is 9.55. The minimum Gasteiger partial charge on any atom is -0.0610 e. The average molecular weight is 637 g/mol. The molecule has 0 spiro atoms. The molecule has 0 aromatic heterocycles. The fraction of sp³-hybridized carbons (Fsp3) is 0.120. The molecule has 0 heterocycles. The van der Waals surface area contributed by atoms with Crippen LogP contribution in [0.25, 0.3) is 109 Å². The molecule has 9 aromatic rings. The lowest BCUT2D eigenvalue weighted by Gasteiger charge is -2.24. The van der Waals surface area contributed by atoms with Crippen molar-refractivity contribution >= 4 is 53.9 Å². The Hall–Kier alpha value is -5.72. The topological polar surface area (TPSA) is 0 Å². The summed E-state index contributed by atoms with van der Waals surface area (Å²) in [6, 6.07) is 49.1. The van der Waals surface area contributed by atoms with E-state index in [4.69, 9.17) is 0 Å². The molecule has 236 valence electrons. The molecule has 2 aliphatic carbocycles. The third kappa shape index (κ3) is 3.61. The quantitative estimate of drug-likeness (QED) is 0.157. The zero-order chi connectivity index (χ0) is 33.6. The molecule has 0 saturated carbocycles. The molecule has 0 bridgehead atoms. The van der Waals surface area contributed by atoms with Crippen LogP contribution in [0.15, 0.2) is 127 Å². The standard InChI is InChI=1S/C50H36/c1-27-20-32(50(3,4)5)21-28(2)47(27)46-26-40-33(41-24-43-36-16-8-12-30-13-9-17-37(49(30)36)44(43)25-45(41)46)19-18-31-22-39-34-14-6-10-29-11-7-15-35(48(29)34)42(39)23-38(31)40/h6-26H,1-5H3. The summed E-state index contributed by atoms with van der Waals surface area (Å²) >= 11 is 0. The molecule has 0 amide bonds. The monoisotopic (exact) mass is 636 g/mol. The highest BCUT2D eigenvalue weighted by atomic mass is 14.3. The second-order valence-corrected chi connectivity index (χ2v) is 15.8. The predicted molar refractivity (Wildman–Crippen MR) is 216 cm³/mol. The van der Waals surface area contributed by atoms with Gasteiger partial charge in [0.05, 0.1) is 0 Å². The van der Waals surface area contributed by atoms with Gasteiger partial charge in [-0.2, -0.15) is 0 Å². The normalized spacial score (nSPS) is 12.9. The Bertz CT molecular complexity index is 2980. The zero-order valence-electron chi connectivity index (χ0n) is 29.1. The molecule has 0 fully saturated rings. The van der Waals surface area contributed by atoms with Gasteiger partial charge in [0.25, 0.3) is 0 Å². The first kappa shape index (κ1) is 28.2. The Morgan fingerprint density at radius 3 is 1.30 bits per heavy atom. The van der Waals surface area contributed by atoms with Crippen LogP contribution < -0.4 is 0 Å². The van der Waals surface area contributed by atoms with Crippen LogP contribution >= 0.6 is 0 Å². The summed E-state index contributed by atoms with van der Waals surface area (Å²) in [7, 11) is 0. The molecular formula is C50H36. The first-order valence-electron chi connectivity index (χ1n) is 17.9. The third-order valence-electron chi connectivity index (χ3n) is 11.9. The van der Waals surface area contributed by atoms with Crippen LogP contribution in [-0.2, 0) is 5.41 Å². The van der Waals surface area contributed by atoms with Crippen molar-refractivity contribution in [2.45, 2.75) is 40.0 Å². The molecule has 0 atom stereocenters. The summed E-state index contributed by atoms with van der Waals surface area (Å²) in [5.74, 6) is 0. The second kappa shape index (κ2) is 9.49. The first-order chi connectivity index (χ1) is 24.2. The summed E-state index contributed by atoms with van der Waals surface area (Å²) in [6.45, 7) is 11.6. The molecule has 0 radical (unpaired) electrons. The van der Waals surface area contributed by atoms with E-state index in [9.17, 15) is 0 Å². The molecule has 0 N–H and O–H groups in total. The lowest BCUT2D eigenvalue weighted by Crippen LogP contribution is -2.12. The molecule has 0 nitrogen and oxygen atoms in total. The van der Waals surface area contributed by atoms with E-state index in [-0.39, 0.29) is 5.41 Å². The Morgan fingerprint density at radius 2 is 0.780 bits per heavy atom. The van der Waals surface area contributed by atoms with Crippen molar-refractivity contribution in [2.24, 2.45) is 0 Å². The number of rotatable bonds is 1. The Balaban J connectivity index is 1.28. The van der Waals surface area contributed by atoms with Gasteiger partial charge in [0, 0.05) is 0 Å². The number of benzene rings is 9. The van der Waals surface area contributed by atoms with E-state index in [2.05, 4.69) is 162 Å². The molecule has 0 aliphatic heterocycles. The van der Waals surface area contributed by atoms with Gasteiger partial charge in [-0.05, 0) is 176 Å². The van der Waals surface area contributed by atoms with Gasteiger partial charge in [-0.15, -0.1) is 0 Å². The third-order valence-corrected chi connectivity index (χ3v) is 11.9. The lowest BCUT2D eigenvalue weighted by molar-refractivity contribution is 0.589. The van der Waals surface area contributed by atoms with E-state index >= 15 is 0 Å².